The molecule has 9 N–H and O–H groups in total. The number of amides is 6. The minimum absolute atomic E-state index is 0.0430. The van der Waals surface area contributed by atoms with Crippen LogP contribution in [0.4, 0.5) is 4.79 Å². The van der Waals surface area contributed by atoms with E-state index in [1.165, 1.54) is 0 Å². The van der Waals surface area contributed by atoms with Gasteiger partial charge in [0.05, 0.1) is 39.4 Å². The number of aliphatic hydroxyl groups excluding tert-OH is 1. The van der Waals surface area contributed by atoms with Crippen molar-refractivity contribution in [2.75, 3.05) is 45.9 Å². The third-order valence-electron chi connectivity index (χ3n) is 3.38. The number of hydroxylamine groups is 1. The second-order valence-electron chi connectivity index (χ2n) is 7.64. The Balaban J connectivity index is 3.84. The Hall–Kier alpha value is -3.50. The van der Waals surface area contributed by atoms with Crippen LogP contribution in [-0.2, 0) is 33.5 Å². The van der Waals surface area contributed by atoms with Crippen molar-refractivity contribution in [3.63, 3.8) is 0 Å². The molecule has 0 radical (unpaired) electrons. The summed E-state index contributed by atoms with van der Waals surface area (Å²) in [5.74, 6) is -3.27. The van der Waals surface area contributed by atoms with Crippen molar-refractivity contribution in [2.45, 2.75) is 32.4 Å². The van der Waals surface area contributed by atoms with E-state index in [9.17, 15) is 28.8 Å². The van der Waals surface area contributed by atoms with Crippen LogP contribution in [0.15, 0.2) is 0 Å². The Morgan fingerprint density at radius 2 is 1.24 bits per heavy atom. The number of hydrogen-bond donors (Lipinski definition) is 8. The summed E-state index contributed by atoms with van der Waals surface area (Å²) >= 11 is 0. The van der Waals surface area contributed by atoms with Gasteiger partial charge in [0.15, 0.2) is 0 Å². The number of carbonyl (C=O) groups is 6. The Bertz CT molecular complexity index is 725. The van der Waals surface area contributed by atoms with Crippen molar-refractivity contribution in [1.29, 1.82) is 0 Å². The highest BCUT2D eigenvalue weighted by Crippen LogP contribution is 2.06. The molecule has 0 aliphatic heterocycles. The second kappa shape index (κ2) is 16.2. The van der Waals surface area contributed by atoms with E-state index in [2.05, 4.69) is 26.6 Å². The fourth-order valence-corrected chi connectivity index (χ4v) is 1.82. The van der Waals surface area contributed by atoms with Gasteiger partial charge < -0.3 is 42.2 Å². The van der Waals surface area contributed by atoms with Crippen LogP contribution < -0.4 is 37.8 Å². The third kappa shape index (κ3) is 17.1. The Morgan fingerprint density at radius 3 is 1.68 bits per heavy atom. The van der Waals surface area contributed by atoms with Crippen molar-refractivity contribution in [3.05, 3.63) is 0 Å². The lowest BCUT2D eigenvalue weighted by atomic mass is 10.2. The minimum atomic E-state index is -1.16. The van der Waals surface area contributed by atoms with Gasteiger partial charge in [-0.3, -0.25) is 28.8 Å². The van der Waals surface area contributed by atoms with Crippen molar-refractivity contribution < 1.29 is 43.4 Å². The van der Waals surface area contributed by atoms with E-state index in [1.807, 2.05) is 5.48 Å². The summed E-state index contributed by atoms with van der Waals surface area (Å²) in [6, 6.07) is -1.16. The number of rotatable bonds is 14. The summed E-state index contributed by atoms with van der Waals surface area (Å²) in [4.78, 5) is 73.9. The average molecular weight is 492 g/mol. The first kappa shape index (κ1) is 30.5. The van der Waals surface area contributed by atoms with Gasteiger partial charge in [-0.25, -0.2) is 4.79 Å². The Kier molecular flexibility index (Phi) is 14.5. The van der Waals surface area contributed by atoms with Gasteiger partial charge in [0, 0.05) is 6.54 Å². The Morgan fingerprint density at radius 1 is 0.794 bits per heavy atom. The summed E-state index contributed by atoms with van der Waals surface area (Å²) in [6.07, 6.45) is -0.776. The molecule has 0 bridgehead atoms. The molecule has 0 spiro atoms. The molecular formula is C18H33N7O9. The topological polar surface area (TPSA) is 239 Å². The van der Waals surface area contributed by atoms with E-state index in [0.717, 1.165) is 0 Å². The van der Waals surface area contributed by atoms with Crippen molar-refractivity contribution in [2.24, 2.45) is 5.73 Å². The predicted molar refractivity (Wildman–Crippen MR) is 115 cm³/mol. The molecule has 0 saturated carbocycles. The molecule has 16 heteroatoms. The number of nitrogens with two attached hydrogens (primary N) is 1. The molecule has 0 saturated heterocycles. The normalized spacial score (nSPS) is 11.4. The van der Waals surface area contributed by atoms with Crippen LogP contribution in [0.1, 0.15) is 20.8 Å². The molecular weight excluding hydrogens is 458 g/mol. The van der Waals surface area contributed by atoms with Crippen LogP contribution in [0.3, 0.4) is 0 Å². The van der Waals surface area contributed by atoms with Crippen LogP contribution in [0.2, 0.25) is 0 Å². The average Bonchev–Trinajstić information content (AvgIpc) is 2.76. The standard InChI is InChI=1S/C18H33N7O9/c1-18(2,3)34-17(32)25-33-5-4-20-12(27)6-21-13(28)7-22-14(29)8-23-15(30)9-24-16(31)11(19)10-26/h11,26H,4-10,19H2,1-3H3,(H,20,27)(H,21,28)(H,22,29)(H,23,30)(H,24,31)(H,25,32)/t11-/m0/s1. The van der Waals surface area contributed by atoms with Crippen molar-refractivity contribution in [1.82, 2.24) is 32.1 Å². The SMILES string of the molecule is CC(C)(C)OC(=O)NOCCNC(=O)CNC(=O)CNC(=O)CNC(=O)CNC(=O)[C@@H](N)CO. The first-order valence-corrected chi connectivity index (χ1v) is 10.2. The molecule has 1 atom stereocenters. The van der Waals surface area contributed by atoms with E-state index in [-0.39, 0.29) is 19.7 Å². The molecule has 0 heterocycles. The van der Waals surface area contributed by atoms with E-state index in [1.54, 1.807) is 20.8 Å². The lowest BCUT2D eigenvalue weighted by Gasteiger charge is -2.19. The summed E-state index contributed by atoms with van der Waals surface area (Å²) in [5.41, 5.74) is 6.62. The Labute approximate surface area is 196 Å². The molecule has 0 aromatic rings. The zero-order chi connectivity index (χ0) is 26.1. The van der Waals surface area contributed by atoms with Crippen LogP contribution in [0, 0.1) is 0 Å². The van der Waals surface area contributed by atoms with Gasteiger partial charge in [0.25, 0.3) is 0 Å². The summed E-state index contributed by atoms with van der Waals surface area (Å²) in [5, 5.41) is 20.0. The van der Waals surface area contributed by atoms with Gasteiger partial charge in [0.2, 0.25) is 29.5 Å². The number of carbonyl (C=O) groups excluding carboxylic acids is 6. The fraction of sp³-hybridized carbons (Fsp3) is 0.667. The molecule has 0 aromatic carbocycles. The number of hydrogen-bond acceptors (Lipinski definition) is 10. The molecule has 0 aliphatic carbocycles. The third-order valence-corrected chi connectivity index (χ3v) is 3.38. The lowest BCUT2D eigenvalue weighted by molar-refractivity contribution is -0.129. The maximum absolute atomic E-state index is 11.7. The largest absolute Gasteiger partial charge is 0.442 e. The zero-order valence-electron chi connectivity index (χ0n) is 19.3. The molecule has 0 unspecified atom stereocenters. The van der Waals surface area contributed by atoms with E-state index in [0.29, 0.717) is 0 Å². The fourth-order valence-electron chi connectivity index (χ4n) is 1.82. The van der Waals surface area contributed by atoms with E-state index >= 15 is 0 Å². The molecule has 0 aromatic heterocycles. The maximum atomic E-state index is 11.7. The first-order valence-electron chi connectivity index (χ1n) is 10.2. The molecule has 194 valence electrons. The molecule has 0 rings (SSSR count). The molecule has 16 nitrogen and oxygen atoms in total. The van der Waals surface area contributed by atoms with Gasteiger partial charge in [-0.15, -0.1) is 0 Å². The van der Waals surface area contributed by atoms with Crippen molar-refractivity contribution in [3.8, 4) is 0 Å². The van der Waals surface area contributed by atoms with Crippen LogP contribution in [-0.4, -0.2) is 98.3 Å². The van der Waals surface area contributed by atoms with E-state index < -0.39 is 73.5 Å². The number of aliphatic hydroxyl groups is 1. The van der Waals surface area contributed by atoms with Gasteiger partial charge in [-0.1, -0.05) is 0 Å². The summed E-state index contributed by atoms with van der Waals surface area (Å²) in [7, 11) is 0. The van der Waals surface area contributed by atoms with Crippen molar-refractivity contribution >= 4 is 35.6 Å². The zero-order valence-corrected chi connectivity index (χ0v) is 19.3. The summed E-state index contributed by atoms with van der Waals surface area (Å²) in [6.45, 7) is 2.79. The van der Waals surface area contributed by atoms with E-state index in [4.69, 9.17) is 20.4 Å². The monoisotopic (exact) mass is 491 g/mol. The quantitative estimate of drug-likeness (QED) is 0.0853. The van der Waals surface area contributed by atoms with Gasteiger partial charge in [-0.05, 0) is 20.8 Å². The maximum Gasteiger partial charge on any atom is 0.431 e. The number of ether oxygens (including phenoxy) is 1. The minimum Gasteiger partial charge on any atom is -0.442 e. The smallest absolute Gasteiger partial charge is 0.431 e. The summed E-state index contributed by atoms with van der Waals surface area (Å²) < 4.78 is 4.94. The number of nitrogens with one attached hydrogen (secondary N) is 6. The van der Waals surface area contributed by atoms with Crippen LogP contribution in [0.5, 0.6) is 0 Å². The highest BCUT2D eigenvalue weighted by Gasteiger charge is 2.16. The van der Waals surface area contributed by atoms with Crippen LogP contribution >= 0.6 is 0 Å². The second-order valence-corrected chi connectivity index (χ2v) is 7.64. The molecule has 0 fully saturated rings. The van der Waals surface area contributed by atoms with Crippen LogP contribution in [0.25, 0.3) is 0 Å². The highest BCUT2D eigenvalue weighted by molar-refractivity contribution is 5.91. The van der Waals surface area contributed by atoms with Gasteiger partial charge in [0.1, 0.15) is 11.6 Å². The van der Waals surface area contributed by atoms with Gasteiger partial charge >= 0.3 is 6.09 Å². The molecule has 6 amide bonds. The predicted octanol–water partition coefficient (Wildman–Crippen LogP) is -4.66. The van der Waals surface area contributed by atoms with Gasteiger partial charge in [-0.2, -0.15) is 5.48 Å². The highest BCUT2D eigenvalue weighted by atomic mass is 16.7. The lowest BCUT2D eigenvalue weighted by Crippen LogP contribution is -2.48. The first-order chi connectivity index (χ1) is 15.8. The molecule has 0 aliphatic rings. The molecule has 34 heavy (non-hydrogen) atoms.